The molecule has 1 aliphatic heterocycles. The largest absolute Gasteiger partial charge is 0.494 e. The average molecular weight is 557 g/mol. The molecule has 206 valence electrons. The standard InChI is InChI=1S/C32H33ClN4O3/c1-3-39-31-18-29-27(16-23(31)15-26(38)11-9-24-8-5-13-34-24)32(36-20-35-29)37-25-10-12-30(28(33)17-25)40-19-22-7-4-6-21(2)14-22/h4,6-7,9-12,14,16-18,20,24,34H,3,5,8,13,15,19H2,1-2H3,(H,35,36,37)/b11-9+/t24-/m0/s1. The molecular formula is C32H33ClN4O3. The first-order valence-corrected chi connectivity index (χ1v) is 14.0. The molecule has 0 unspecified atom stereocenters. The van der Waals surface area contributed by atoms with Crippen LogP contribution in [0.15, 0.2) is 73.1 Å². The van der Waals surface area contributed by atoms with Crippen molar-refractivity contribution < 1.29 is 14.3 Å². The number of aromatic nitrogens is 2. The maximum atomic E-state index is 12.8. The number of ketones is 1. The number of allylic oxidation sites excluding steroid dienone is 1. The van der Waals surface area contributed by atoms with E-state index in [9.17, 15) is 4.79 Å². The first kappa shape index (κ1) is 27.6. The Morgan fingerprint density at radius 2 is 2.02 bits per heavy atom. The van der Waals surface area contributed by atoms with Crippen LogP contribution >= 0.6 is 11.6 Å². The number of fused-ring (bicyclic) bond motifs is 1. The van der Waals surface area contributed by atoms with Crippen LogP contribution in [0.5, 0.6) is 11.5 Å². The van der Waals surface area contributed by atoms with Crippen LogP contribution < -0.4 is 20.1 Å². The first-order chi connectivity index (χ1) is 19.5. The van der Waals surface area contributed by atoms with E-state index in [0.29, 0.717) is 41.1 Å². The molecule has 0 bridgehead atoms. The molecule has 1 saturated heterocycles. The molecule has 3 aromatic carbocycles. The molecule has 2 heterocycles. The van der Waals surface area contributed by atoms with Crippen LogP contribution in [0.4, 0.5) is 11.5 Å². The number of hydrogen-bond donors (Lipinski definition) is 2. The van der Waals surface area contributed by atoms with Crippen molar-refractivity contribution in [2.24, 2.45) is 0 Å². The van der Waals surface area contributed by atoms with Gasteiger partial charge in [0.05, 0.1) is 17.1 Å². The minimum atomic E-state index is 0.0217. The first-order valence-electron chi connectivity index (χ1n) is 13.6. The normalized spacial score (nSPS) is 15.0. The lowest BCUT2D eigenvalue weighted by molar-refractivity contribution is -0.114. The number of carbonyl (C=O) groups excluding carboxylic acids is 1. The van der Waals surface area contributed by atoms with Crippen LogP contribution in [0.25, 0.3) is 10.9 Å². The highest BCUT2D eigenvalue weighted by Crippen LogP contribution is 2.33. The fourth-order valence-corrected chi connectivity index (χ4v) is 5.03. The Kier molecular flexibility index (Phi) is 8.94. The average Bonchev–Trinajstić information content (AvgIpc) is 3.46. The SMILES string of the molecule is CCOc1cc2ncnc(Nc3ccc(OCc4cccc(C)c4)c(Cl)c3)c2cc1CC(=O)/C=C/[C@@H]1CCCN1. The van der Waals surface area contributed by atoms with E-state index in [2.05, 4.69) is 39.7 Å². The smallest absolute Gasteiger partial charge is 0.159 e. The number of aryl methyl sites for hydroxylation is 1. The third-order valence-electron chi connectivity index (χ3n) is 6.77. The molecule has 2 N–H and O–H groups in total. The summed E-state index contributed by atoms with van der Waals surface area (Å²) in [6.07, 6.45) is 7.55. The molecule has 7 nitrogen and oxygen atoms in total. The monoisotopic (exact) mass is 556 g/mol. The van der Waals surface area contributed by atoms with E-state index in [-0.39, 0.29) is 18.2 Å². The molecule has 4 aromatic rings. The van der Waals surface area contributed by atoms with E-state index in [1.165, 1.54) is 11.9 Å². The summed E-state index contributed by atoms with van der Waals surface area (Å²) in [5, 5.41) is 8.01. The number of hydrogen-bond acceptors (Lipinski definition) is 7. The van der Waals surface area contributed by atoms with E-state index in [1.54, 1.807) is 6.08 Å². The lowest BCUT2D eigenvalue weighted by Crippen LogP contribution is -2.18. The predicted molar refractivity (Wildman–Crippen MR) is 160 cm³/mol. The van der Waals surface area contributed by atoms with Crippen LogP contribution in [-0.4, -0.2) is 34.9 Å². The molecule has 0 saturated carbocycles. The lowest BCUT2D eigenvalue weighted by Gasteiger charge is -2.14. The molecular weight excluding hydrogens is 524 g/mol. The highest BCUT2D eigenvalue weighted by Gasteiger charge is 2.15. The van der Waals surface area contributed by atoms with E-state index in [4.69, 9.17) is 21.1 Å². The van der Waals surface area contributed by atoms with Gasteiger partial charge in [-0.1, -0.05) is 47.5 Å². The number of nitrogens with one attached hydrogen (secondary N) is 2. The summed E-state index contributed by atoms with van der Waals surface area (Å²) < 4.78 is 11.8. The molecule has 1 fully saturated rings. The molecule has 8 heteroatoms. The summed E-state index contributed by atoms with van der Waals surface area (Å²) >= 11 is 6.56. The maximum absolute atomic E-state index is 12.8. The van der Waals surface area contributed by atoms with Gasteiger partial charge in [-0.15, -0.1) is 0 Å². The highest BCUT2D eigenvalue weighted by molar-refractivity contribution is 6.32. The van der Waals surface area contributed by atoms with E-state index >= 15 is 0 Å². The van der Waals surface area contributed by atoms with E-state index in [1.807, 2.05) is 55.5 Å². The lowest BCUT2D eigenvalue weighted by atomic mass is 10.0. The molecule has 0 amide bonds. The summed E-state index contributed by atoms with van der Waals surface area (Å²) in [6, 6.07) is 17.8. The molecule has 40 heavy (non-hydrogen) atoms. The van der Waals surface area contributed by atoms with Gasteiger partial charge in [-0.2, -0.15) is 0 Å². The molecule has 0 spiro atoms. The van der Waals surface area contributed by atoms with Crippen LogP contribution in [0.3, 0.4) is 0 Å². The summed E-state index contributed by atoms with van der Waals surface area (Å²) in [7, 11) is 0. The van der Waals surface area contributed by atoms with Crippen molar-refractivity contribution in [3.63, 3.8) is 0 Å². The van der Waals surface area contributed by atoms with Gasteiger partial charge in [-0.3, -0.25) is 4.79 Å². The number of carbonyl (C=O) groups is 1. The Balaban J connectivity index is 1.35. The Morgan fingerprint density at radius 3 is 2.80 bits per heavy atom. The van der Waals surface area contributed by atoms with Gasteiger partial charge in [0, 0.05) is 35.2 Å². The van der Waals surface area contributed by atoms with Gasteiger partial charge in [-0.05, 0) is 69.1 Å². The van der Waals surface area contributed by atoms with Gasteiger partial charge in [0.25, 0.3) is 0 Å². The topological polar surface area (TPSA) is 85.4 Å². The quantitative estimate of drug-likeness (QED) is 0.198. The van der Waals surface area contributed by atoms with Crippen LogP contribution in [0, 0.1) is 6.92 Å². The highest BCUT2D eigenvalue weighted by atomic mass is 35.5. The number of halogens is 1. The Hall–Kier alpha value is -3.94. The Bertz CT molecular complexity index is 1530. The number of benzene rings is 3. The number of nitrogens with zero attached hydrogens (tertiary/aromatic N) is 2. The van der Waals surface area contributed by atoms with Gasteiger partial charge >= 0.3 is 0 Å². The van der Waals surface area contributed by atoms with E-state index < -0.39 is 0 Å². The summed E-state index contributed by atoms with van der Waals surface area (Å²) in [5.41, 5.74) is 4.53. The predicted octanol–water partition coefficient (Wildman–Crippen LogP) is 6.73. The van der Waals surface area contributed by atoms with Crippen LogP contribution in [0.1, 0.15) is 36.5 Å². The van der Waals surface area contributed by atoms with E-state index in [0.717, 1.165) is 41.6 Å². The molecule has 1 aromatic heterocycles. The minimum absolute atomic E-state index is 0.0217. The zero-order valence-corrected chi connectivity index (χ0v) is 23.5. The van der Waals surface area contributed by atoms with Crippen molar-refractivity contribution in [1.29, 1.82) is 0 Å². The molecule has 1 aliphatic rings. The number of ether oxygens (including phenoxy) is 2. The third-order valence-corrected chi connectivity index (χ3v) is 7.06. The van der Waals surface area contributed by atoms with Gasteiger partial charge in [-0.25, -0.2) is 9.97 Å². The van der Waals surface area contributed by atoms with Gasteiger partial charge in [0.15, 0.2) is 5.78 Å². The Morgan fingerprint density at radius 1 is 1.12 bits per heavy atom. The van der Waals surface area contributed by atoms with Crippen molar-refractivity contribution in [3.05, 3.63) is 94.8 Å². The zero-order valence-electron chi connectivity index (χ0n) is 22.7. The molecule has 0 radical (unpaired) electrons. The second kappa shape index (κ2) is 12.9. The van der Waals surface area contributed by atoms with Crippen molar-refractivity contribution in [3.8, 4) is 11.5 Å². The molecule has 5 rings (SSSR count). The van der Waals surface area contributed by atoms with Crippen molar-refractivity contribution in [1.82, 2.24) is 15.3 Å². The second-order valence-corrected chi connectivity index (χ2v) is 10.3. The van der Waals surface area contributed by atoms with Gasteiger partial charge < -0.3 is 20.1 Å². The minimum Gasteiger partial charge on any atom is -0.494 e. The van der Waals surface area contributed by atoms with Gasteiger partial charge in [0.1, 0.15) is 30.3 Å². The second-order valence-electron chi connectivity index (χ2n) is 9.89. The zero-order chi connectivity index (χ0) is 27.9. The number of anilines is 2. The van der Waals surface area contributed by atoms with Crippen molar-refractivity contribution in [2.75, 3.05) is 18.5 Å². The van der Waals surface area contributed by atoms with Crippen LogP contribution in [0.2, 0.25) is 5.02 Å². The summed E-state index contributed by atoms with van der Waals surface area (Å²) in [5.74, 6) is 1.88. The fraction of sp³-hybridized carbons (Fsp3) is 0.281. The number of rotatable bonds is 11. The van der Waals surface area contributed by atoms with Crippen molar-refractivity contribution in [2.45, 2.75) is 45.8 Å². The molecule has 1 atom stereocenters. The van der Waals surface area contributed by atoms with Crippen molar-refractivity contribution >= 4 is 39.8 Å². The molecule has 0 aliphatic carbocycles. The maximum Gasteiger partial charge on any atom is 0.159 e. The van der Waals surface area contributed by atoms with Gasteiger partial charge in [0.2, 0.25) is 0 Å². The fourth-order valence-electron chi connectivity index (χ4n) is 4.80. The summed E-state index contributed by atoms with van der Waals surface area (Å²) in [6.45, 7) is 5.89. The third kappa shape index (κ3) is 6.97. The summed E-state index contributed by atoms with van der Waals surface area (Å²) in [4.78, 5) is 21.7. The van der Waals surface area contributed by atoms with Crippen LogP contribution in [-0.2, 0) is 17.8 Å². The Labute approximate surface area is 239 Å².